The smallest absolute Gasteiger partial charge is 0.420 e. The van der Waals surface area contributed by atoms with Crippen molar-refractivity contribution >= 4 is 53.8 Å². The fourth-order valence-corrected chi connectivity index (χ4v) is 27.7. The maximum atomic E-state index is 6.88. The van der Waals surface area contributed by atoms with E-state index in [0.29, 0.717) is 25.3 Å². The van der Waals surface area contributed by atoms with Crippen molar-refractivity contribution in [3.05, 3.63) is 0 Å². The van der Waals surface area contributed by atoms with Gasteiger partial charge in [-0.05, 0) is 51.2 Å². The van der Waals surface area contributed by atoms with E-state index < -0.39 is 53.8 Å². The van der Waals surface area contributed by atoms with Gasteiger partial charge in [-0.1, -0.05) is 0 Å². The molecule has 0 aliphatic carbocycles. The normalized spacial score (nSPS) is 36.8. The quantitative estimate of drug-likeness (QED) is 0.198. The number of epoxide rings is 1. The van der Waals surface area contributed by atoms with Crippen LogP contribution in [-0.2, 0) is 43.3 Å². The van der Waals surface area contributed by atoms with Crippen LogP contribution in [0.3, 0.4) is 0 Å². The lowest BCUT2D eigenvalue weighted by Crippen LogP contribution is -2.58. The molecule has 0 aromatic rings. The molecule has 16 heteroatoms. The minimum Gasteiger partial charge on any atom is -0.420 e. The molecule has 0 bridgehead atoms. The van der Waals surface area contributed by atoms with Crippen LogP contribution in [0, 0.1) is 0 Å². The minimum atomic E-state index is -2.75. The van der Waals surface area contributed by atoms with Gasteiger partial charge >= 0.3 is 25.9 Å². The highest BCUT2D eigenvalue weighted by atomic mass is 28.5. The van der Waals surface area contributed by atoms with Crippen LogP contribution in [0.5, 0.6) is 0 Å². The predicted octanol–water partition coefficient (Wildman–Crippen LogP) is 1.46. The van der Waals surface area contributed by atoms with Crippen molar-refractivity contribution in [3.8, 4) is 0 Å². The fraction of sp³-hybridized carbons (Fsp3) is 1.00. The molecule has 2 fully saturated rings. The molecule has 0 aromatic carbocycles. The van der Waals surface area contributed by atoms with E-state index in [1.807, 2.05) is 6.55 Å². The van der Waals surface area contributed by atoms with Crippen molar-refractivity contribution in [3.63, 3.8) is 0 Å². The van der Waals surface area contributed by atoms with Crippen molar-refractivity contribution in [2.24, 2.45) is 0 Å². The predicted molar refractivity (Wildman–Crippen MR) is 134 cm³/mol. The van der Waals surface area contributed by atoms with Gasteiger partial charge in [0.2, 0.25) is 0 Å². The topological polar surface area (TPSA) is 95.6 Å². The Balaban J connectivity index is 2.11. The van der Waals surface area contributed by atoms with Crippen molar-refractivity contribution < 1.29 is 43.3 Å². The summed E-state index contributed by atoms with van der Waals surface area (Å²) in [6, 6.07) is 2.12. The standard InChI is InChI=1S/C16H42O10Si6/c1-17-32(18-2,19-3)13-12-31(8)25-29(6)23-27(4)22-28(5)24-30(7,26-31)11-9-10-20-14-16-15-21-16/h16,27-29H,9-15H2,1-8H3. The fourth-order valence-electron chi connectivity index (χ4n) is 3.86. The molecule has 0 spiro atoms. The van der Waals surface area contributed by atoms with E-state index in [4.69, 9.17) is 43.3 Å². The molecule has 2 saturated heterocycles. The van der Waals surface area contributed by atoms with Crippen LogP contribution in [0.25, 0.3) is 0 Å². The SMILES string of the molecule is CO[Si](CC[Si]1(C)O[SiH](C)O[SiH](C)O[SiH](C)O[Si](C)(CCCOCC2CO2)O1)(OC)OC. The van der Waals surface area contributed by atoms with Gasteiger partial charge in [-0.25, -0.2) is 0 Å². The first-order valence-corrected chi connectivity index (χ1v) is 24.6. The number of ether oxygens (including phenoxy) is 2. The first kappa shape index (κ1) is 29.1. The van der Waals surface area contributed by atoms with Crippen LogP contribution in [0.15, 0.2) is 0 Å². The minimum absolute atomic E-state index is 0.276. The molecule has 0 radical (unpaired) electrons. The number of rotatable bonds is 12. The molecule has 0 amide bonds. The maximum Gasteiger partial charge on any atom is 0.500 e. The molecule has 2 heterocycles. The zero-order valence-corrected chi connectivity index (χ0v) is 27.3. The average Bonchev–Trinajstić information content (AvgIpc) is 3.52. The van der Waals surface area contributed by atoms with Gasteiger partial charge in [0.1, 0.15) is 6.10 Å². The molecule has 32 heavy (non-hydrogen) atoms. The third kappa shape index (κ3) is 9.87. The highest BCUT2D eigenvalue weighted by Crippen LogP contribution is 2.31. The molecule has 10 nitrogen and oxygen atoms in total. The summed E-state index contributed by atoms with van der Waals surface area (Å²) >= 11 is 0. The molecule has 0 N–H and O–H groups in total. The lowest BCUT2D eigenvalue weighted by atomic mass is 10.5. The van der Waals surface area contributed by atoms with Gasteiger partial charge in [0, 0.05) is 34.0 Å². The summed E-state index contributed by atoms with van der Waals surface area (Å²) in [6.07, 6.45) is 1.14. The summed E-state index contributed by atoms with van der Waals surface area (Å²) in [7, 11) is -8.72. The summed E-state index contributed by atoms with van der Waals surface area (Å²) in [5.41, 5.74) is 0. The summed E-state index contributed by atoms with van der Waals surface area (Å²) in [5, 5.41) is 0. The van der Waals surface area contributed by atoms with Crippen molar-refractivity contribution in [2.75, 3.05) is 41.2 Å². The van der Waals surface area contributed by atoms with Crippen LogP contribution < -0.4 is 0 Å². The molecule has 6 unspecified atom stereocenters. The van der Waals surface area contributed by atoms with E-state index in [1.165, 1.54) is 0 Å². The van der Waals surface area contributed by atoms with Crippen LogP contribution in [-0.4, -0.2) is 101 Å². The van der Waals surface area contributed by atoms with Crippen molar-refractivity contribution in [1.29, 1.82) is 0 Å². The second-order valence-electron chi connectivity index (χ2n) is 8.51. The van der Waals surface area contributed by atoms with Gasteiger partial charge < -0.3 is 43.3 Å². The molecule has 0 aromatic heterocycles. The number of hydrogen-bond donors (Lipinski definition) is 0. The molecule has 2 aliphatic rings. The van der Waals surface area contributed by atoms with Gasteiger partial charge in [-0.3, -0.25) is 0 Å². The second kappa shape index (κ2) is 13.3. The van der Waals surface area contributed by atoms with Gasteiger partial charge in [-0.2, -0.15) is 0 Å². The van der Waals surface area contributed by atoms with Crippen molar-refractivity contribution in [2.45, 2.75) is 63.4 Å². The lowest BCUT2D eigenvalue weighted by molar-refractivity contribution is 0.115. The largest absolute Gasteiger partial charge is 0.500 e. The summed E-state index contributed by atoms with van der Waals surface area (Å²) < 4.78 is 60.2. The molecular weight excluding hydrogens is 521 g/mol. The summed E-state index contributed by atoms with van der Waals surface area (Å²) in [6.45, 7) is 12.5. The van der Waals surface area contributed by atoms with E-state index in [2.05, 4.69) is 26.2 Å². The first-order valence-electron chi connectivity index (χ1n) is 11.3. The van der Waals surface area contributed by atoms with Crippen LogP contribution in [0.2, 0.25) is 50.9 Å². The molecule has 2 rings (SSSR count). The Labute approximate surface area is 201 Å². The second-order valence-corrected chi connectivity index (χ2v) is 25.4. The molecular formula is C16H42O10Si6. The van der Waals surface area contributed by atoms with E-state index >= 15 is 0 Å². The van der Waals surface area contributed by atoms with Gasteiger partial charge in [0.05, 0.1) is 13.2 Å². The first-order chi connectivity index (χ1) is 15.1. The van der Waals surface area contributed by atoms with Gasteiger partial charge in [-0.15, -0.1) is 0 Å². The molecule has 2 aliphatic heterocycles. The Morgan fingerprint density at radius 3 is 1.91 bits per heavy atom. The average molecular weight is 563 g/mol. The third-order valence-corrected chi connectivity index (χ3v) is 27.4. The van der Waals surface area contributed by atoms with E-state index in [1.54, 1.807) is 21.3 Å². The third-order valence-electron chi connectivity index (χ3n) is 5.47. The maximum absolute atomic E-state index is 6.88. The van der Waals surface area contributed by atoms with Crippen LogP contribution >= 0.6 is 0 Å². The van der Waals surface area contributed by atoms with E-state index in [9.17, 15) is 0 Å². The Bertz CT molecular complexity index is 551. The Morgan fingerprint density at radius 2 is 1.41 bits per heavy atom. The zero-order valence-electron chi connectivity index (χ0n) is 20.8. The molecule has 0 saturated carbocycles. The summed E-state index contributed by atoms with van der Waals surface area (Å²) in [5.74, 6) is 0. The lowest BCUT2D eigenvalue weighted by Gasteiger charge is -2.42. The highest BCUT2D eigenvalue weighted by Gasteiger charge is 2.49. The molecule has 190 valence electrons. The highest BCUT2D eigenvalue weighted by molar-refractivity contribution is 6.86. The Kier molecular flexibility index (Phi) is 12.1. The number of hydrogen-bond acceptors (Lipinski definition) is 10. The summed E-state index contributed by atoms with van der Waals surface area (Å²) in [4.78, 5) is 0. The molecule has 6 atom stereocenters. The van der Waals surface area contributed by atoms with Crippen LogP contribution in [0.4, 0.5) is 0 Å². The van der Waals surface area contributed by atoms with Gasteiger partial charge in [0.15, 0.2) is 0 Å². The zero-order chi connectivity index (χ0) is 23.8. The van der Waals surface area contributed by atoms with Gasteiger partial charge in [0.25, 0.3) is 27.9 Å². The monoisotopic (exact) mass is 562 g/mol. The van der Waals surface area contributed by atoms with Crippen LogP contribution in [0.1, 0.15) is 6.42 Å². The van der Waals surface area contributed by atoms with E-state index in [0.717, 1.165) is 19.1 Å². The van der Waals surface area contributed by atoms with E-state index in [-0.39, 0.29) is 6.10 Å². The Hall–Kier alpha value is 0.901. The Morgan fingerprint density at radius 1 is 0.875 bits per heavy atom. The van der Waals surface area contributed by atoms with Crippen molar-refractivity contribution in [1.82, 2.24) is 0 Å².